The number of hydrogen-bond acceptors (Lipinski definition) is 7. The second kappa shape index (κ2) is 8.09. The molecular formula is C20H24N4O4S2. The number of nitrogens with zero attached hydrogens (tertiary/aromatic N) is 3. The molecule has 2 aromatic heterocycles. The Balaban J connectivity index is 1.41. The Labute approximate surface area is 179 Å². The molecule has 0 radical (unpaired) electrons. The smallest absolute Gasteiger partial charge is 0.248 e. The lowest BCUT2D eigenvalue weighted by Gasteiger charge is -2.30. The maximum atomic E-state index is 12.9. The third-order valence-corrected chi connectivity index (χ3v) is 8.56. The van der Waals surface area contributed by atoms with Crippen molar-refractivity contribution in [3.05, 3.63) is 35.2 Å². The summed E-state index contributed by atoms with van der Waals surface area (Å²) in [6.45, 7) is 5.87. The number of carbonyl (C=O) groups excluding carboxylic acids is 1. The fourth-order valence-corrected chi connectivity index (χ4v) is 6.47. The highest BCUT2D eigenvalue weighted by Gasteiger charge is 2.35. The molecule has 0 spiro atoms. The number of aryl methyl sites for hydroxylation is 3. The first kappa shape index (κ1) is 21.0. The van der Waals surface area contributed by atoms with E-state index < -0.39 is 10.0 Å². The molecule has 3 heterocycles. The van der Waals surface area contributed by atoms with E-state index in [9.17, 15) is 13.2 Å². The molecule has 160 valence electrons. The summed E-state index contributed by atoms with van der Waals surface area (Å²) in [5, 5.41) is 7.24. The lowest BCUT2D eigenvalue weighted by atomic mass is 9.97. The second-order valence-electron chi connectivity index (χ2n) is 7.50. The van der Waals surface area contributed by atoms with Crippen LogP contribution in [0.5, 0.6) is 0 Å². The third-order valence-electron chi connectivity index (χ3n) is 5.48. The van der Waals surface area contributed by atoms with Crippen LogP contribution in [0.1, 0.15) is 36.8 Å². The molecule has 1 aromatic carbocycles. The van der Waals surface area contributed by atoms with Crippen LogP contribution in [0.4, 0.5) is 5.13 Å². The molecule has 3 aromatic rings. The lowest BCUT2D eigenvalue weighted by molar-refractivity contribution is -0.120. The maximum Gasteiger partial charge on any atom is 0.248 e. The minimum absolute atomic E-state index is 0.112. The molecule has 1 amide bonds. The summed E-state index contributed by atoms with van der Waals surface area (Å²) in [5.74, 6) is -0.0760. The maximum absolute atomic E-state index is 12.9. The van der Waals surface area contributed by atoms with E-state index in [2.05, 4.69) is 28.4 Å². The van der Waals surface area contributed by atoms with Crippen LogP contribution in [0.2, 0.25) is 0 Å². The molecule has 0 bridgehead atoms. The van der Waals surface area contributed by atoms with E-state index in [1.807, 2.05) is 12.1 Å². The highest BCUT2D eigenvalue weighted by molar-refractivity contribution is 7.89. The Morgan fingerprint density at radius 1 is 1.30 bits per heavy atom. The number of sulfonamides is 1. The summed E-state index contributed by atoms with van der Waals surface area (Å²) in [7, 11) is -3.68. The number of hydrogen-bond donors (Lipinski definition) is 1. The predicted octanol–water partition coefficient (Wildman–Crippen LogP) is 3.50. The van der Waals surface area contributed by atoms with Crippen molar-refractivity contribution in [2.75, 3.05) is 18.4 Å². The number of thiazole rings is 1. The van der Waals surface area contributed by atoms with Gasteiger partial charge in [-0.15, -0.1) is 0 Å². The van der Waals surface area contributed by atoms with E-state index in [1.165, 1.54) is 21.2 Å². The largest absolute Gasteiger partial charge is 0.360 e. The zero-order valence-electron chi connectivity index (χ0n) is 17.1. The molecule has 8 nitrogen and oxygen atoms in total. The molecule has 0 unspecified atom stereocenters. The molecule has 30 heavy (non-hydrogen) atoms. The molecular weight excluding hydrogens is 424 g/mol. The van der Waals surface area contributed by atoms with E-state index in [4.69, 9.17) is 4.52 Å². The lowest BCUT2D eigenvalue weighted by Crippen LogP contribution is -2.41. The average molecular weight is 449 g/mol. The van der Waals surface area contributed by atoms with Gasteiger partial charge in [0.05, 0.1) is 10.2 Å². The van der Waals surface area contributed by atoms with Crippen LogP contribution in [0.25, 0.3) is 10.2 Å². The second-order valence-corrected chi connectivity index (χ2v) is 10.4. The molecule has 4 rings (SSSR count). The van der Waals surface area contributed by atoms with Crippen molar-refractivity contribution in [1.82, 2.24) is 14.4 Å². The van der Waals surface area contributed by atoms with Crippen molar-refractivity contribution in [3.63, 3.8) is 0 Å². The van der Waals surface area contributed by atoms with Crippen LogP contribution in [0.15, 0.2) is 27.6 Å². The van der Waals surface area contributed by atoms with Crippen LogP contribution in [-0.4, -0.2) is 41.9 Å². The third kappa shape index (κ3) is 3.86. The van der Waals surface area contributed by atoms with Crippen LogP contribution in [0, 0.1) is 19.8 Å². The molecule has 1 N–H and O–H groups in total. The number of anilines is 1. The number of carbonyl (C=O) groups is 1. The minimum atomic E-state index is -3.68. The van der Waals surface area contributed by atoms with E-state index >= 15 is 0 Å². The monoisotopic (exact) mass is 448 g/mol. The molecule has 0 aliphatic carbocycles. The summed E-state index contributed by atoms with van der Waals surface area (Å²) >= 11 is 1.46. The highest BCUT2D eigenvalue weighted by Crippen LogP contribution is 2.30. The molecule has 1 fully saturated rings. The number of piperidine rings is 1. The number of rotatable bonds is 5. The predicted molar refractivity (Wildman–Crippen MR) is 115 cm³/mol. The highest BCUT2D eigenvalue weighted by atomic mass is 32.2. The summed E-state index contributed by atoms with van der Waals surface area (Å²) < 4.78 is 33.3. The van der Waals surface area contributed by atoms with Gasteiger partial charge in [-0.1, -0.05) is 29.5 Å². The van der Waals surface area contributed by atoms with E-state index in [-0.39, 0.29) is 35.6 Å². The molecule has 1 aliphatic heterocycles. The van der Waals surface area contributed by atoms with Crippen molar-refractivity contribution in [1.29, 1.82) is 0 Å². The normalized spacial score (nSPS) is 16.2. The minimum Gasteiger partial charge on any atom is -0.360 e. The fourth-order valence-electron chi connectivity index (χ4n) is 3.78. The van der Waals surface area contributed by atoms with Gasteiger partial charge in [0.1, 0.15) is 10.6 Å². The molecule has 0 saturated carbocycles. The van der Waals surface area contributed by atoms with Gasteiger partial charge in [-0.3, -0.25) is 4.79 Å². The van der Waals surface area contributed by atoms with Crippen LogP contribution in [0.3, 0.4) is 0 Å². The van der Waals surface area contributed by atoms with E-state index in [0.29, 0.717) is 23.7 Å². The summed E-state index contributed by atoms with van der Waals surface area (Å²) in [4.78, 5) is 17.3. The molecule has 0 atom stereocenters. The first-order chi connectivity index (χ1) is 14.3. The van der Waals surface area contributed by atoms with Gasteiger partial charge in [0.25, 0.3) is 0 Å². The summed E-state index contributed by atoms with van der Waals surface area (Å²) in [6.07, 6.45) is 1.86. The SMILES string of the molecule is CCc1ccc2nc(NC(=O)C3CCN(S(=O)(=O)c4c(C)noc4C)CC3)sc2c1. The van der Waals surface area contributed by atoms with Gasteiger partial charge in [0.2, 0.25) is 15.9 Å². The quantitative estimate of drug-likeness (QED) is 0.640. The summed E-state index contributed by atoms with van der Waals surface area (Å²) in [5.41, 5.74) is 2.46. The molecule has 1 saturated heterocycles. The first-order valence-electron chi connectivity index (χ1n) is 9.93. The zero-order chi connectivity index (χ0) is 21.5. The number of amides is 1. The Bertz CT molecular complexity index is 1170. The Hall–Kier alpha value is -2.30. The standard InChI is InChI=1S/C20H24N4O4S2/c1-4-14-5-6-16-17(11-14)29-20(21-16)22-19(25)15-7-9-24(10-8-15)30(26,27)18-12(2)23-28-13(18)3/h5-6,11,15H,4,7-10H2,1-3H3,(H,21,22,25). The fraction of sp³-hybridized carbons (Fsp3) is 0.450. The van der Waals surface area contributed by atoms with Crippen LogP contribution in [-0.2, 0) is 21.2 Å². The number of fused-ring (bicyclic) bond motifs is 1. The van der Waals surface area contributed by atoms with E-state index in [0.717, 1.165) is 16.6 Å². The van der Waals surface area contributed by atoms with Crippen molar-refractivity contribution in [3.8, 4) is 0 Å². The Morgan fingerprint density at radius 2 is 2.03 bits per heavy atom. The summed E-state index contributed by atoms with van der Waals surface area (Å²) in [6, 6.07) is 6.11. The van der Waals surface area contributed by atoms with Gasteiger partial charge in [0.15, 0.2) is 10.9 Å². The van der Waals surface area contributed by atoms with Crippen molar-refractivity contribution >= 4 is 42.6 Å². The van der Waals surface area contributed by atoms with Crippen molar-refractivity contribution in [2.24, 2.45) is 5.92 Å². The average Bonchev–Trinajstić information content (AvgIpc) is 3.29. The van der Waals surface area contributed by atoms with Gasteiger partial charge in [-0.05, 0) is 50.8 Å². The van der Waals surface area contributed by atoms with Gasteiger partial charge in [-0.25, -0.2) is 13.4 Å². The first-order valence-corrected chi connectivity index (χ1v) is 12.2. The van der Waals surface area contributed by atoms with Gasteiger partial charge in [0, 0.05) is 19.0 Å². The van der Waals surface area contributed by atoms with Crippen molar-refractivity contribution < 1.29 is 17.7 Å². The molecule has 10 heteroatoms. The van der Waals surface area contributed by atoms with Crippen LogP contribution < -0.4 is 5.32 Å². The van der Waals surface area contributed by atoms with Gasteiger partial charge < -0.3 is 9.84 Å². The zero-order valence-corrected chi connectivity index (χ0v) is 18.8. The number of aromatic nitrogens is 2. The van der Waals surface area contributed by atoms with E-state index in [1.54, 1.807) is 13.8 Å². The number of nitrogens with one attached hydrogen (secondary N) is 1. The Kier molecular flexibility index (Phi) is 5.65. The molecule has 1 aliphatic rings. The van der Waals surface area contributed by atoms with Gasteiger partial charge in [-0.2, -0.15) is 4.31 Å². The van der Waals surface area contributed by atoms with Crippen molar-refractivity contribution in [2.45, 2.75) is 44.9 Å². The Morgan fingerprint density at radius 3 is 2.67 bits per heavy atom. The van der Waals surface area contributed by atoms with Gasteiger partial charge >= 0.3 is 0 Å². The topological polar surface area (TPSA) is 105 Å². The van der Waals surface area contributed by atoms with Crippen LogP contribution >= 0.6 is 11.3 Å². The number of benzene rings is 1.